The molecule has 2 fully saturated rings. The number of likely N-dealkylation sites (tertiary alicyclic amines) is 1. The molecule has 1 amide bonds. The number of carbonyl (C=O) groups is 1. The molecule has 0 aromatic carbocycles. The highest BCUT2D eigenvalue weighted by Crippen LogP contribution is 2.59. The molecule has 0 aliphatic carbocycles. The Hall–Kier alpha value is -0.770. The number of nitrogens with one attached hydrogen (secondary N) is 1. The highest BCUT2D eigenvalue weighted by atomic mass is 16.4. The summed E-state index contributed by atoms with van der Waals surface area (Å²) in [4.78, 5) is 13.0. The van der Waals surface area contributed by atoms with Crippen LogP contribution in [0.3, 0.4) is 0 Å². The monoisotopic (exact) mass is 254 g/mol. The molecule has 2 aliphatic heterocycles. The molecule has 4 heteroatoms. The van der Waals surface area contributed by atoms with Gasteiger partial charge in [-0.3, -0.25) is 0 Å². The van der Waals surface area contributed by atoms with Crippen LogP contribution in [0.25, 0.3) is 0 Å². The summed E-state index contributed by atoms with van der Waals surface area (Å²) in [5.74, 6) is 0.398. The van der Waals surface area contributed by atoms with Crippen LogP contribution in [0.1, 0.15) is 34.6 Å². The molecule has 0 aromatic heterocycles. The summed E-state index contributed by atoms with van der Waals surface area (Å²) in [7, 11) is 0. The van der Waals surface area contributed by atoms with E-state index in [0.29, 0.717) is 19.0 Å². The van der Waals surface area contributed by atoms with Gasteiger partial charge in [-0.2, -0.15) is 0 Å². The van der Waals surface area contributed by atoms with Gasteiger partial charge in [0.2, 0.25) is 0 Å². The van der Waals surface area contributed by atoms with Crippen molar-refractivity contribution in [2.45, 2.75) is 34.6 Å². The predicted molar refractivity (Wildman–Crippen MR) is 71.6 cm³/mol. The second-order valence-electron chi connectivity index (χ2n) is 7.54. The summed E-state index contributed by atoms with van der Waals surface area (Å²) in [5, 5.41) is 12.9. The highest BCUT2D eigenvalue weighted by Gasteiger charge is 2.61. The summed E-state index contributed by atoms with van der Waals surface area (Å²) in [6, 6.07) is 0. The van der Waals surface area contributed by atoms with Gasteiger partial charge in [-0.15, -0.1) is 0 Å². The first-order valence-electron chi connectivity index (χ1n) is 6.80. The zero-order chi connectivity index (χ0) is 13.8. The first-order valence-corrected chi connectivity index (χ1v) is 6.80. The Labute approximate surface area is 110 Å². The Morgan fingerprint density at radius 1 is 1.39 bits per heavy atom. The zero-order valence-electron chi connectivity index (χ0n) is 12.2. The molecule has 2 aliphatic rings. The van der Waals surface area contributed by atoms with Gasteiger partial charge in [-0.05, 0) is 16.7 Å². The second-order valence-corrected chi connectivity index (χ2v) is 7.54. The van der Waals surface area contributed by atoms with Crippen molar-refractivity contribution in [1.82, 2.24) is 10.2 Å². The van der Waals surface area contributed by atoms with Crippen molar-refractivity contribution in [1.29, 1.82) is 0 Å². The largest absolute Gasteiger partial charge is 0.465 e. The number of nitrogens with zero attached hydrogens (tertiary/aromatic N) is 1. The Balaban J connectivity index is 2.46. The van der Waals surface area contributed by atoms with Crippen molar-refractivity contribution in [2.24, 2.45) is 22.2 Å². The second kappa shape index (κ2) is 3.86. The fourth-order valence-corrected chi connectivity index (χ4v) is 4.16. The lowest BCUT2D eigenvalue weighted by molar-refractivity contribution is -0.150. The van der Waals surface area contributed by atoms with Crippen LogP contribution in [-0.2, 0) is 0 Å². The standard InChI is InChI=1S/C14H26N2O2/c1-12(2,3)14-8-15-6-10(13(14,4)5)7-16(9-14)11(17)18/h10,15H,6-9H2,1-5H3,(H,17,18). The molecule has 2 N–H and O–H groups in total. The normalized spacial score (nSPS) is 35.4. The lowest BCUT2D eigenvalue weighted by Crippen LogP contribution is -2.71. The van der Waals surface area contributed by atoms with E-state index in [2.05, 4.69) is 39.9 Å². The minimum absolute atomic E-state index is 0.000440. The first-order chi connectivity index (χ1) is 8.12. The molecule has 2 heterocycles. The van der Waals surface area contributed by atoms with Crippen molar-refractivity contribution in [2.75, 3.05) is 26.2 Å². The first kappa shape index (κ1) is 13.7. The van der Waals surface area contributed by atoms with Crippen molar-refractivity contribution >= 4 is 6.09 Å². The fraction of sp³-hybridized carbons (Fsp3) is 0.929. The number of amides is 1. The van der Waals surface area contributed by atoms with Gasteiger partial charge < -0.3 is 15.3 Å². The third-order valence-corrected chi connectivity index (χ3v) is 5.68. The molecule has 2 bridgehead atoms. The van der Waals surface area contributed by atoms with E-state index >= 15 is 0 Å². The predicted octanol–water partition coefficient (Wildman–Crippen LogP) is 2.26. The van der Waals surface area contributed by atoms with E-state index in [-0.39, 0.29) is 16.2 Å². The third kappa shape index (κ3) is 1.65. The van der Waals surface area contributed by atoms with Crippen molar-refractivity contribution < 1.29 is 9.90 Å². The summed E-state index contributed by atoms with van der Waals surface area (Å²) in [6.07, 6.45) is -0.772. The van der Waals surface area contributed by atoms with Gasteiger partial charge in [0.15, 0.2) is 0 Å². The van der Waals surface area contributed by atoms with Gasteiger partial charge in [-0.1, -0.05) is 34.6 Å². The minimum Gasteiger partial charge on any atom is -0.465 e. The minimum atomic E-state index is -0.772. The number of hydrogen-bond donors (Lipinski definition) is 2. The van der Waals surface area contributed by atoms with Crippen LogP contribution in [0.5, 0.6) is 0 Å². The number of fused-ring (bicyclic) bond motifs is 2. The van der Waals surface area contributed by atoms with E-state index in [1.807, 2.05) is 0 Å². The van der Waals surface area contributed by atoms with Gasteiger partial charge in [0.25, 0.3) is 0 Å². The summed E-state index contributed by atoms with van der Waals surface area (Å²) in [5.41, 5.74) is 0.248. The van der Waals surface area contributed by atoms with E-state index in [9.17, 15) is 9.90 Å². The molecule has 4 nitrogen and oxygen atoms in total. The molecule has 0 saturated carbocycles. The van der Waals surface area contributed by atoms with Crippen LogP contribution in [0.2, 0.25) is 0 Å². The van der Waals surface area contributed by atoms with E-state index < -0.39 is 6.09 Å². The maximum atomic E-state index is 11.4. The van der Waals surface area contributed by atoms with Crippen LogP contribution in [-0.4, -0.2) is 42.3 Å². The maximum Gasteiger partial charge on any atom is 0.407 e. The zero-order valence-corrected chi connectivity index (χ0v) is 12.2. The molecular weight excluding hydrogens is 228 g/mol. The van der Waals surface area contributed by atoms with Gasteiger partial charge in [-0.25, -0.2) is 4.79 Å². The lowest BCUT2D eigenvalue weighted by Gasteiger charge is -2.65. The van der Waals surface area contributed by atoms with E-state index in [1.165, 1.54) is 0 Å². The maximum absolute atomic E-state index is 11.4. The van der Waals surface area contributed by atoms with Gasteiger partial charge in [0, 0.05) is 31.6 Å². The molecule has 2 rings (SSSR count). The van der Waals surface area contributed by atoms with Crippen LogP contribution in [0.4, 0.5) is 4.79 Å². The summed E-state index contributed by atoms with van der Waals surface area (Å²) >= 11 is 0. The lowest BCUT2D eigenvalue weighted by atomic mass is 9.46. The molecular formula is C14H26N2O2. The quantitative estimate of drug-likeness (QED) is 0.697. The number of rotatable bonds is 0. The topological polar surface area (TPSA) is 52.6 Å². The molecule has 0 spiro atoms. The van der Waals surface area contributed by atoms with Crippen LogP contribution >= 0.6 is 0 Å². The van der Waals surface area contributed by atoms with Crippen LogP contribution in [0, 0.1) is 22.2 Å². The molecule has 0 aromatic rings. The smallest absolute Gasteiger partial charge is 0.407 e. The molecule has 104 valence electrons. The van der Waals surface area contributed by atoms with E-state index in [0.717, 1.165) is 13.1 Å². The summed E-state index contributed by atoms with van der Waals surface area (Å²) in [6.45, 7) is 14.5. The van der Waals surface area contributed by atoms with Gasteiger partial charge >= 0.3 is 6.09 Å². The molecule has 2 unspecified atom stereocenters. The van der Waals surface area contributed by atoms with Crippen LogP contribution in [0.15, 0.2) is 0 Å². The average molecular weight is 254 g/mol. The Morgan fingerprint density at radius 2 is 2.00 bits per heavy atom. The molecule has 2 atom stereocenters. The third-order valence-electron chi connectivity index (χ3n) is 5.68. The van der Waals surface area contributed by atoms with Crippen molar-refractivity contribution in [3.63, 3.8) is 0 Å². The van der Waals surface area contributed by atoms with Gasteiger partial charge in [0.05, 0.1) is 0 Å². The highest BCUT2D eigenvalue weighted by molar-refractivity contribution is 5.65. The van der Waals surface area contributed by atoms with E-state index in [1.54, 1.807) is 4.90 Å². The average Bonchev–Trinajstić information content (AvgIpc) is 2.12. The number of hydrogen-bond acceptors (Lipinski definition) is 2. The summed E-state index contributed by atoms with van der Waals surface area (Å²) < 4.78 is 0. The number of carboxylic acid groups (broad SMARTS) is 1. The molecule has 2 saturated heterocycles. The van der Waals surface area contributed by atoms with Crippen molar-refractivity contribution in [3.8, 4) is 0 Å². The Bertz CT molecular complexity index is 359. The molecule has 0 radical (unpaired) electrons. The number of piperidine rings is 2. The SMILES string of the molecule is CC(C)(C)C12CNCC(CN(C(=O)O)C1)C2(C)C. The Kier molecular flexibility index (Phi) is 2.93. The van der Waals surface area contributed by atoms with Crippen LogP contribution < -0.4 is 5.32 Å². The fourth-order valence-electron chi connectivity index (χ4n) is 4.16. The Morgan fingerprint density at radius 3 is 2.50 bits per heavy atom. The molecule has 18 heavy (non-hydrogen) atoms. The van der Waals surface area contributed by atoms with Crippen molar-refractivity contribution in [3.05, 3.63) is 0 Å². The van der Waals surface area contributed by atoms with Gasteiger partial charge in [0.1, 0.15) is 0 Å². The van der Waals surface area contributed by atoms with E-state index in [4.69, 9.17) is 0 Å².